The molecular formula is C21H23NO6. The summed E-state index contributed by atoms with van der Waals surface area (Å²) in [4.78, 5) is 35.9. The molecule has 0 saturated carbocycles. The van der Waals surface area contributed by atoms with Crippen molar-refractivity contribution in [3.05, 3.63) is 65.7 Å². The van der Waals surface area contributed by atoms with Crippen molar-refractivity contribution in [1.29, 1.82) is 0 Å². The van der Waals surface area contributed by atoms with Gasteiger partial charge in [0.2, 0.25) is 0 Å². The van der Waals surface area contributed by atoms with Crippen molar-refractivity contribution in [1.82, 2.24) is 5.32 Å². The zero-order chi connectivity index (χ0) is 20.4. The van der Waals surface area contributed by atoms with Crippen LogP contribution in [0, 0.1) is 0 Å². The molecule has 0 saturated heterocycles. The molecule has 2 rings (SSSR count). The van der Waals surface area contributed by atoms with E-state index in [4.69, 9.17) is 14.2 Å². The zero-order valence-corrected chi connectivity index (χ0v) is 15.8. The minimum atomic E-state index is -0.861. The fraction of sp³-hybridized carbons (Fsp3) is 0.286. The normalized spacial score (nSPS) is 11.2. The summed E-state index contributed by atoms with van der Waals surface area (Å²) in [5.41, 5.74) is 1.61. The SMILES string of the molecule is COC(=O)[C@@H](Cc1ccccc1)NC(=O)COC(=O)Cc1ccc(OC)cc1. The average Bonchev–Trinajstić information content (AvgIpc) is 2.72. The summed E-state index contributed by atoms with van der Waals surface area (Å²) < 4.78 is 14.8. The van der Waals surface area contributed by atoms with Crippen LogP contribution < -0.4 is 10.1 Å². The molecule has 1 amide bonds. The number of rotatable bonds is 9. The number of amides is 1. The monoisotopic (exact) mass is 385 g/mol. The molecule has 0 aliphatic heterocycles. The predicted octanol–water partition coefficient (Wildman–Crippen LogP) is 1.68. The molecule has 0 fully saturated rings. The van der Waals surface area contributed by atoms with Crippen LogP contribution in [0.2, 0.25) is 0 Å². The predicted molar refractivity (Wildman–Crippen MR) is 102 cm³/mol. The van der Waals surface area contributed by atoms with E-state index in [1.54, 1.807) is 31.4 Å². The van der Waals surface area contributed by atoms with Gasteiger partial charge in [0.1, 0.15) is 11.8 Å². The minimum Gasteiger partial charge on any atom is -0.497 e. The van der Waals surface area contributed by atoms with Crippen molar-refractivity contribution >= 4 is 17.8 Å². The largest absolute Gasteiger partial charge is 0.497 e. The van der Waals surface area contributed by atoms with E-state index in [0.29, 0.717) is 5.75 Å². The highest BCUT2D eigenvalue weighted by Gasteiger charge is 2.22. The molecule has 0 radical (unpaired) electrons. The lowest BCUT2D eigenvalue weighted by molar-refractivity contribution is -0.149. The van der Waals surface area contributed by atoms with Crippen molar-refractivity contribution in [3.63, 3.8) is 0 Å². The first kappa shape index (κ1) is 21.0. The van der Waals surface area contributed by atoms with Crippen LogP contribution in [-0.2, 0) is 36.7 Å². The molecule has 0 aliphatic carbocycles. The zero-order valence-electron chi connectivity index (χ0n) is 15.8. The Balaban J connectivity index is 1.84. The third kappa shape index (κ3) is 6.75. The summed E-state index contributed by atoms with van der Waals surface area (Å²) in [7, 11) is 2.81. The molecule has 0 aromatic heterocycles. The van der Waals surface area contributed by atoms with E-state index in [1.807, 2.05) is 30.3 Å². The van der Waals surface area contributed by atoms with Gasteiger partial charge in [-0.2, -0.15) is 0 Å². The van der Waals surface area contributed by atoms with Gasteiger partial charge in [-0.1, -0.05) is 42.5 Å². The van der Waals surface area contributed by atoms with Gasteiger partial charge in [-0.15, -0.1) is 0 Å². The summed E-state index contributed by atoms with van der Waals surface area (Å²) in [6.07, 6.45) is 0.306. The molecule has 0 bridgehead atoms. The van der Waals surface area contributed by atoms with Crippen molar-refractivity contribution in [2.75, 3.05) is 20.8 Å². The van der Waals surface area contributed by atoms with Gasteiger partial charge in [-0.05, 0) is 23.3 Å². The molecule has 2 aromatic rings. The number of esters is 2. The van der Waals surface area contributed by atoms with E-state index in [-0.39, 0.29) is 12.8 Å². The summed E-state index contributed by atoms with van der Waals surface area (Å²) in [5.74, 6) is -1.00. The molecule has 1 N–H and O–H groups in total. The highest BCUT2D eigenvalue weighted by atomic mass is 16.5. The first-order valence-electron chi connectivity index (χ1n) is 8.71. The van der Waals surface area contributed by atoms with E-state index in [9.17, 15) is 14.4 Å². The smallest absolute Gasteiger partial charge is 0.328 e. The first-order valence-corrected chi connectivity index (χ1v) is 8.71. The van der Waals surface area contributed by atoms with E-state index in [1.165, 1.54) is 7.11 Å². The van der Waals surface area contributed by atoms with Crippen LogP contribution in [0.15, 0.2) is 54.6 Å². The Morgan fingerprint density at radius 3 is 2.21 bits per heavy atom. The average molecular weight is 385 g/mol. The van der Waals surface area contributed by atoms with Gasteiger partial charge >= 0.3 is 11.9 Å². The fourth-order valence-electron chi connectivity index (χ4n) is 2.53. The second-order valence-corrected chi connectivity index (χ2v) is 6.02. The third-order valence-electron chi connectivity index (χ3n) is 3.98. The number of benzene rings is 2. The number of ether oxygens (including phenoxy) is 3. The number of nitrogens with one attached hydrogen (secondary N) is 1. The maximum absolute atomic E-state index is 12.1. The van der Waals surface area contributed by atoms with Crippen molar-refractivity contribution in [3.8, 4) is 5.75 Å². The lowest BCUT2D eigenvalue weighted by Gasteiger charge is -2.16. The van der Waals surface area contributed by atoms with Crippen molar-refractivity contribution in [2.45, 2.75) is 18.9 Å². The summed E-state index contributed by atoms with van der Waals surface area (Å²) >= 11 is 0. The molecule has 28 heavy (non-hydrogen) atoms. The lowest BCUT2D eigenvalue weighted by Crippen LogP contribution is -2.44. The lowest BCUT2D eigenvalue weighted by atomic mass is 10.1. The highest BCUT2D eigenvalue weighted by Crippen LogP contribution is 2.12. The Bertz CT molecular complexity index is 788. The molecule has 0 heterocycles. The standard InChI is InChI=1S/C21H23NO6/c1-26-17-10-8-16(9-11-17)13-20(24)28-14-19(23)22-18(21(25)27-2)12-15-6-4-3-5-7-15/h3-11,18H,12-14H2,1-2H3,(H,22,23)/t18-/m1/s1. The number of hydrogen-bond donors (Lipinski definition) is 1. The van der Waals surface area contributed by atoms with Gasteiger partial charge in [0.15, 0.2) is 6.61 Å². The van der Waals surface area contributed by atoms with Crippen LogP contribution in [0.3, 0.4) is 0 Å². The number of methoxy groups -OCH3 is 2. The molecule has 148 valence electrons. The van der Waals surface area contributed by atoms with Crippen LogP contribution in [-0.4, -0.2) is 44.7 Å². The minimum absolute atomic E-state index is 0.0295. The Morgan fingerprint density at radius 2 is 1.61 bits per heavy atom. The second-order valence-electron chi connectivity index (χ2n) is 6.02. The van der Waals surface area contributed by atoms with Crippen LogP contribution in [0.25, 0.3) is 0 Å². The van der Waals surface area contributed by atoms with E-state index in [0.717, 1.165) is 11.1 Å². The first-order chi connectivity index (χ1) is 13.5. The molecule has 0 spiro atoms. The van der Waals surface area contributed by atoms with Crippen molar-refractivity contribution < 1.29 is 28.6 Å². The Kier molecular flexibility index (Phi) is 8.02. The van der Waals surface area contributed by atoms with Crippen LogP contribution in [0.1, 0.15) is 11.1 Å². The molecule has 7 heteroatoms. The third-order valence-corrected chi connectivity index (χ3v) is 3.98. The molecule has 0 unspecified atom stereocenters. The summed E-state index contributed by atoms with van der Waals surface area (Å²) in [5, 5.41) is 2.54. The van der Waals surface area contributed by atoms with Gasteiger partial charge in [-0.25, -0.2) is 4.79 Å². The Hall–Kier alpha value is -3.35. The van der Waals surface area contributed by atoms with Gasteiger partial charge in [0.25, 0.3) is 5.91 Å². The van der Waals surface area contributed by atoms with E-state index < -0.39 is 30.5 Å². The molecule has 1 atom stereocenters. The van der Waals surface area contributed by atoms with Gasteiger partial charge in [0.05, 0.1) is 20.6 Å². The molecule has 2 aromatic carbocycles. The molecular weight excluding hydrogens is 362 g/mol. The van der Waals surface area contributed by atoms with Gasteiger partial charge in [-0.3, -0.25) is 9.59 Å². The fourth-order valence-corrected chi connectivity index (χ4v) is 2.53. The summed E-state index contributed by atoms with van der Waals surface area (Å²) in [6, 6.07) is 15.3. The van der Waals surface area contributed by atoms with Gasteiger partial charge in [0, 0.05) is 6.42 Å². The topological polar surface area (TPSA) is 90.9 Å². The number of hydrogen-bond acceptors (Lipinski definition) is 6. The molecule has 7 nitrogen and oxygen atoms in total. The maximum Gasteiger partial charge on any atom is 0.328 e. The Morgan fingerprint density at radius 1 is 0.929 bits per heavy atom. The van der Waals surface area contributed by atoms with Crippen LogP contribution >= 0.6 is 0 Å². The Labute approximate surface area is 163 Å². The van der Waals surface area contributed by atoms with Crippen LogP contribution in [0.5, 0.6) is 5.75 Å². The van der Waals surface area contributed by atoms with Crippen molar-refractivity contribution in [2.24, 2.45) is 0 Å². The van der Waals surface area contributed by atoms with Crippen LogP contribution in [0.4, 0.5) is 0 Å². The molecule has 0 aliphatic rings. The number of carbonyl (C=O) groups is 3. The number of carbonyl (C=O) groups excluding carboxylic acids is 3. The highest BCUT2D eigenvalue weighted by molar-refractivity contribution is 5.86. The van der Waals surface area contributed by atoms with E-state index in [2.05, 4.69) is 5.32 Å². The van der Waals surface area contributed by atoms with Gasteiger partial charge < -0.3 is 19.5 Å². The summed E-state index contributed by atoms with van der Waals surface area (Å²) in [6.45, 7) is -0.475. The van der Waals surface area contributed by atoms with E-state index >= 15 is 0 Å². The quantitative estimate of drug-likeness (QED) is 0.661. The maximum atomic E-state index is 12.1. The second kappa shape index (κ2) is 10.7.